The molecule has 0 saturated heterocycles. The molecule has 1 fully saturated rings. The van der Waals surface area contributed by atoms with E-state index in [1.807, 2.05) is 6.26 Å². The summed E-state index contributed by atoms with van der Waals surface area (Å²) in [6.45, 7) is 5.41. The van der Waals surface area contributed by atoms with Crippen LogP contribution in [0.5, 0.6) is 0 Å². The van der Waals surface area contributed by atoms with Gasteiger partial charge in [0.05, 0.1) is 18.8 Å². The second kappa shape index (κ2) is 6.48. The average Bonchev–Trinajstić information content (AvgIpc) is 3.32. The Morgan fingerprint density at radius 1 is 1.32 bits per heavy atom. The standard InChI is InChI=1S/C17H23N3O4S/c1-17(2,3)24-16(22)20-12(9-6-7-9)10-8-18-15(25-5)19-11(10)13(20)14(21)23-4/h8-9,12-13H,6-7H2,1-5H3. The lowest BCUT2D eigenvalue weighted by atomic mass is 10.1. The largest absolute Gasteiger partial charge is 0.467 e. The van der Waals surface area contributed by atoms with Crippen LogP contribution in [0.3, 0.4) is 0 Å². The number of carbonyl (C=O) groups is 2. The third kappa shape index (κ3) is 3.44. The van der Waals surface area contributed by atoms with Crippen molar-refractivity contribution in [2.45, 2.75) is 56.5 Å². The van der Waals surface area contributed by atoms with Gasteiger partial charge in [-0.2, -0.15) is 0 Å². The summed E-state index contributed by atoms with van der Waals surface area (Å²) >= 11 is 1.39. The van der Waals surface area contributed by atoms with Crippen molar-refractivity contribution in [1.29, 1.82) is 0 Å². The van der Waals surface area contributed by atoms with Crippen molar-refractivity contribution in [3.63, 3.8) is 0 Å². The van der Waals surface area contributed by atoms with Crippen LogP contribution >= 0.6 is 11.8 Å². The van der Waals surface area contributed by atoms with Gasteiger partial charge < -0.3 is 9.47 Å². The van der Waals surface area contributed by atoms with Crippen LogP contribution in [0.1, 0.15) is 57.0 Å². The van der Waals surface area contributed by atoms with Gasteiger partial charge in [0.2, 0.25) is 0 Å². The maximum Gasteiger partial charge on any atom is 0.411 e. The first kappa shape index (κ1) is 18.0. The number of aromatic nitrogens is 2. The second-order valence-electron chi connectivity index (χ2n) is 7.29. The number of carbonyl (C=O) groups excluding carboxylic acids is 2. The maximum atomic E-state index is 12.9. The number of methoxy groups -OCH3 is 1. The summed E-state index contributed by atoms with van der Waals surface area (Å²) < 4.78 is 10.5. The Morgan fingerprint density at radius 2 is 2.00 bits per heavy atom. The predicted molar refractivity (Wildman–Crippen MR) is 92.1 cm³/mol. The number of nitrogens with zero attached hydrogens (tertiary/aromatic N) is 3. The summed E-state index contributed by atoms with van der Waals surface area (Å²) in [5.41, 5.74) is 0.715. The first-order valence-electron chi connectivity index (χ1n) is 8.26. The quantitative estimate of drug-likeness (QED) is 0.462. The number of amides is 1. The molecule has 0 spiro atoms. The Hall–Kier alpha value is -1.83. The van der Waals surface area contributed by atoms with Gasteiger partial charge in [0.1, 0.15) is 5.60 Å². The number of hydrogen-bond acceptors (Lipinski definition) is 7. The normalized spacial score (nSPS) is 22.5. The van der Waals surface area contributed by atoms with Crippen molar-refractivity contribution >= 4 is 23.8 Å². The van der Waals surface area contributed by atoms with E-state index in [1.165, 1.54) is 23.8 Å². The molecule has 1 aromatic rings. The van der Waals surface area contributed by atoms with Gasteiger partial charge in [0, 0.05) is 11.8 Å². The molecule has 0 bridgehead atoms. The maximum absolute atomic E-state index is 12.9. The van der Waals surface area contributed by atoms with Gasteiger partial charge >= 0.3 is 12.1 Å². The molecule has 2 aliphatic rings. The first-order valence-corrected chi connectivity index (χ1v) is 9.49. The van der Waals surface area contributed by atoms with Crippen LogP contribution in [0.25, 0.3) is 0 Å². The lowest BCUT2D eigenvalue weighted by Crippen LogP contribution is -2.41. The van der Waals surface area contributed by atoms with Crippen LogP contribution < -0.4 is 0 Å². The molecule has 2 heterocycles. The van der Waals surface area contributed by atoms with Crippen molar-refractivity contribution in [2.24, 2.45) is 5.92 Å². The zero-order valence-electron chi connectivity index (χ0n) is 15.1. The SMILES string of the molecule is COC(=O)C1c2nc(SC)ncc2C(C2CC2)N1C(=O)OC(C)(C)C. The lowest BCUT2D eigenvalue weighted by Gasteiger charge is -2.31. The molecule has 7 nitrogen and oxygen atoms in total. The van der Waals surface area contributed by atoms with E-state index in [0.29, 0.717) is 16.8 Å². The summed E-state index contributed by atoms with van der Waals surface area (Å²) in [5.74, 6) is -0.217. The van der Waals surface area contributed by atoms with Crippen LogP contribution in [-0.4, -0.2) is 45.9 Å². The third-order valence-electron chi connectivity index (χ3n) is 4.26. The van der Waals surface area contributed by atoms with Crippen molar-refractivity contribution in [1.82, 2.24) is 14.9 Å². The van der Waals surface area contributed by atoms with Gasteiger partial charge in [-0.15, -0.1) is 0 Å². The van der Waals surface area contributed by atoms with E-state index in [0.717, 1.165) is 18.4 Å². The summed E-state index contributed by atoms with van der Waals surface area (Å²) in [4.78, 5) is 35.8. The fourth-order valence-electron chi connectivity index (χ4n) is 3.14. The molecule has 25 heavy (non-hydrogen) atoms. The molecule has 2 unspecified atom stereocenters. The minimum absolute atomic E-state index is 0.246. The molecule has 3 rings (SSSR count). The molecule has 0 N–H and O–H groups in total. The topological polar surface area (TPSA) is 81.6 Å². The van der Waals surface area contributed by atoms with E-state index in [1.54, 1.807) is 27.0 Å². The molecule has 8 heteroatoms. The van der Waals surface area contributed by atoms with Gasteiger partial charge in [-0.25, -0.2) is 19.6 Å². The number of ether oxygens (including phenoxy) is 2. The molecule has 2 atom stereocenters. The smallest absolute Gasteiger partial charge is 0.411 e. The van der Waals surface area contributed by atoms with E-state index >= 15 is 0 Å². The van der Waals surface area contributed by atoms with Crippen molar-refractivity contribution in [3.8, 4) is 0 Å². The lowest BCUT2D eigenvalue weighted by molar-refractivity contribution is -0.147. The van der Waals surface area contributed by atoms with E-state index in [2.05, 4.69) is 9.97 Å². The highest BCUT2D eigenvalue weighted by Gasteiger charge is 2.53. The molecule has 1 amide bonds. The molecule has 1 aliphatic heterocycles. The van der Waals surface area contributed by atoms with E-state index < -0.39 is 23.7 Å². The van der Waals surface area contributed by atoms with Gasteiger partial charge in [0.15, 0.2) is 11.2 Å². The number of esters is 1. The van der Waals surface area contributed by atoms with Crippen LogP contribution in [0.2, 0.25) is 0 Å². The van der Waals surface area contributed by atoms with E-state index in [4.69, 9.17) is 9.47 Å². The summed E-state index contributed by atoms with van der Waals surface area (Å²) in [7, 11) is 1.32. The molecule has 1 aromatic heterocycles. The summed E-state index contributed by atoms with van der Waals surface area (Å²) in [6, 6.07) is -1.14. The Morgan fingerprint density at radius 3 is 2.52 bits per heavy atom. The third-order valence-corrected chi connectivity index (χ3v) is 4.82. The van der Waals surface area contributed by atoms with Gasteiger partial charge in [0.25, 0.3) is 0 Å². The Kier molecular flexibility index (Phi) is 4.66. The zero-order valence-corrected chi connectivity index (χ0v) is 15.9. The number of fused-ring (bicyclic) bond motifs is 1. The highest BCUT2D eigenvalue weighted by atomic mass is 32.2. The van der Waals surface area contributed by atoms with Gasteiger partial charge in [-0.3, -0.25) is 4.90 Å². The molecule has 1 saturated carbocycles. The van der Waals surface area contributed by atoms with Gasteiger partial charge in [-0.05, 0) is 45.8 Å². The van der Waals surface area contributed by atoms with E-state index in [-0.39, 0.29) is 6.04 Å². The number of thioether (sulfide) groups is 1. The molecular weight excluding hydrogens is 342 g/mol. The van der Waals surface area contributed by atoms with Crippen LogP contribution in [0.4, 0.5) is 4.79 Å². The minimum atomic E-state index is -0.894. The predicted octanol–water partition coefficient (Wildman–Crippen LogP) is 3.11. The number of rotatable bonds is 3. The number of hydrogen-bond donors (Lipinski definition) is 0. The second-order valence-corrected chi connectivity index (χ2v) is 8.07. The Balaban J connectivity index is 2.07. The Labute approximate surface area is 151 Å². The van der Waals surface area contributed by atoms with Crippen LogP contribution in [0, 0.1) is 5.92 Å². The molecule has 136 valence electrons. The highest BCUT2D eigenvalue weighted by molar-refractivity contribution is 7.98. The van der Waals surface area contributed by atoms with Crippen molar-refractivity contribution < 1.29 is 19.1 Å². The molecule has 0 radical (unpaired) electrons. The fraction of sp³-hybridized carbons (Fsp3) is 0.647. The van der Waals surface area contributed by atoms with Crippen LogP contribution in [-0.2, 0) is 14.3 Å². The van der Waals surface area contributed by atoms with E-state index in [9.17, 15) is 9.59 Å². The molecule has 0 aromatic carbocycles. The summed E-state index contributed by atoms with van der Waals surface area (Å²) in [6.07, 6.45) is 5.08. The summed E-state index contributed by atoms with van der Waals surface area (Å²) in [5, 5.41) is 0.563. The van der Waals surface area contributed by atoms with Gasteiger partial charge in [-0.1, -0.05) is 11.8 Å². The minimum Gasteiger partial charge on any atom is -0.467 e. The molecule has 1 aliphatic carbocycles. The van der Waals surface area contributed by atoms with Crippen molar-refractivity contribution in [2.75, 3.05) is 13.4 Å². The average molecular weight is 365 g/mol. The first-order chi connectivity index (χ1) is 11.8. The van der Waals surface area contributed by atoms with Crippen LogP contribution in [0.15, 0.2) is 11.4 Å². The fourth-order valence-corrected chi connectivity index (χ4v) is 3.49. The zero-order chi connectivity index (χ0) is 18.4. The monoisotopic (exact) mass is 365 g/mol. The highest BCUT2D eigenvalue weighted by Crippen LogP contribution is 2.53. The Bertz CT molecular complexity index is 700. The van der Waals surface area contributed by atoms with Crippen molar-refractivity contribution in [3.05, 3.63) is 17.5 Å². The molecular formula is C17H23N3O4S.